The van der Waals surface area contributed by atoms with E-state index in [4.69, 9.17) is 4.74 Å². The van der Waals surface area contributed by atoms with Crippen molar-refractivity contribution in [2.24, 2.45) is 0 Å². The van der Waals surface area contributed by atoms with Crippen LogP contribution in [0.1, 0.15) is 35.3 Å². The second kappa shape index (κ2) is 8.91. The summed E-state index contributed by atoms with van der Waals surface area (Å²) in [6.45, 7) is 1.24. The second-order valence-corrected chi connectivity index (χ2v) is 10.7. The van der Waals surface area contributed by atoms with Crippen molar-refractivity contribution in [3.63, 3.8) is 0 Å². The maximum absolute atomic E-state index is 14.0. The van der Waals surface area contributed by atoms with E-state index in [0.29, 0.717) is 11.1 Å². The molecule has 2 heterocycles. The first-order valence-corrected chi connectivity index (χ1v) is 12.9. The largest absolute Gasteiger partial charge is 0.461 e. The highest BCUT2D eigenvalue weighted by molar-refractivity contribution is 7.89. The van der Waals surface area contributed by atoms with Crippen molar-refractivity contribution in [1.29, 1.82) is 0 Å². The number of hydrogen-bond donors (Lipinski definition) is 0. The first-order valence-electron chi connectivity index (χ1n) is 11.5. The van der Waals surface area contributed by atoms with E-state index in [1.807, 2.05) is 0 Å². The van der Waals surface area contributed by atoms with E-state index in [9.17, 15) is 22.8 Å². The molecule has 3 atom stereocenters. The van der Waals surface area contributed by atoms with Crippen LogP contribution in [0.4, 0.5) is 0 Å². The SMILES string of the molecule is CC(=O)O[C@H]1CN(C(=O)c2ccccc2)[C@]2(C1)C(=O)N(S(=O)(=O)c1ccccc1)[C@H]2c1ccccc1. The molecule has 3 aromatic carbocycles. The molecule has 0 saturated carbocycles. The minimum atomic E-state index is -4.23. The number of β-lactam (4-membered cyclic amide) rings is 1. The number of esters is 1. The topological polar surface area (TPSA) is 101 Å². The van der Waals surface area contributed by atoms with Gasteiger partial charge in [0.25, 0.3) is 21.8 Å². The molecule has 0 unspecified atom stereocenters. The monoisotopic (exact) mass is 504 g/mol. The van der Waals surface area contributed by atoms with Crippen molar-refractivity contribution in [2.45, 2.75) is 35.9 Å². The Bertz CT molecular complexity index is 1410. The molecule has 0 bridgehead atoms. The van der Waals surface area contributed by atoms with E-state index < -0.39 is 45.5 Å². The summed E-state index contributed by atoms with van der Waals surface area (Å²) in [5.41, 5.74) is -0.619. The fourth-order valence-electron chi connectivity index (χ4n) is 5.22. The molecular weight excluding hydrogens is 480 g/mol. The maximum Gasteiger partial charge on any atom is 0.302 e. The third-order valence-corrected chi connectivity index (χ3v) is 8.44. The third-order valence-electron chi connectivity index (χ3n) is 6.68. The molecule has 2 saturated heterocycles. The Morgan fingerprint density at radius 2 is 1.44 bits per heavy atom. The molecule has 0 aliphatic carbocycles. The Morgan fingerprint density at radius 3 is 2.03 bits per heavy atom. The van der Waals surface area contributed by atoms with Crippen molar-refractivity contribution in [1.82, 2.24) is 9.21 Å². The van der Waals surface area contributed by atoms with Gasteiger partial charge in [-0.2, -0.15) is 0 Å². The average molecular weight is 505 g/mol. The zero-order chi connectivity index (χ0) is 25.5. The van der Waals surface area contributed by atoms with Crippen LogP contribution in [0, 0.1) is 0 Å². The van der Waals surface area contributed by atoms with Gasteiger partial charge in [-0.05, 0) is 29.8 Å². The summed E-state index contributed by atoms with van der Waals surface area (Å²) in [5.74, 6) is -1.70. The number of hydrogen-bond acceptors (Lipinski definition) is 6. The molecule has 9 heteroatoms. The van der Waals surface area contributed by atoms with E-state index in [1.165, 1.54) is 24.0 Å². The van der Waals surface area contributed by atoms with Gasteiger partial charge >= 0.3 is 5.97 Å². The van der Waals surface area contributed by atoms with Gasteiger partial charge in [-0.15, -0.1) is 0 Å². The molecular formula is C27H24N2O6S. The summed E-state index contributed by atoms with van der Waals surface area (Å²) in [7, 11) is -4.23. The van der Waals surface area contributed by atoms with Crippen LogP contribution >= 0.6 is 0 Å². The number of benzene rings is 3. The van der Waals surface area contributed by atoms with Crippen molar-refractivity contribution in [2.75, 3.05) is 6.54 Å². The number of carbonyl (C=O) groups excluding carboxylic acids is 3. The molecule has 2 aliphatic heterocycles. The van der Waals surface area contributed by atoms with Gasteiger partial charge in [-0.3, -0.25) is 14.4 Å². The molecule has 5 rings (SSSR count). The Balaban J connectivity index is 1.66. The van der Waals surface area contributed by atoms with E-state index in [-0.39, 0.29) is 17.9 Å². The van der Waals surface area contributed by atoms with E-state index in [2.05, 4.69) is 0 Å². The number of rotatable bonds is 5. The minimum absolute atomic E-state index is 0.00957. The molecule has 184 valence electrons. The van der Waals surface area contributed by atoms with Crippen LogP contribution in [-0.4, -0.2) is 53.6 Å². The molecule has 0 radical (unpaired) electrons. The lowest BCUT2D eigenvalue weighted by molar-refractivity contribution is -0.160. The summed E-state index contributed by atoms with van der Waals surface area (Å²) in [4.78, 5) is 40.8. The van der Waals surface area contributed by atoms with E-state index in [0.717, 1.165) is 4.31 Å². The summed E-state index contributed by atoms with van der Waals surface area (Å²) in [6, 6.07) is 23.9. The number of amides is 2. The van der Waals surface area contributed by atoms with Crippen molar-refractivity contribution in [3.05, 3.63) is 102 Å². The van der Waals surface area contributed by atoms with Crippen LogP contribution < -0.4 is 0 Å². The van der Waals surface area contributed by atoms with Crippen LogP contribution in [0.2, 0.25) is 0 Å². The molecule has 1 spiro atoms. The fourth-order valence-corrected chi connectivity index (χ4v) is 6.90. The molecule has 2 fully saturated rings. The van der Waals surface area contributed by atoms with E-state index in [1.54, 1.807) is 78.9 Å². The van der Waals surface area contributed by atoms with Gasteiger partial charge in [0.05, 0.1) is 11.4 Å². The van der Waals surface area contributed by atoms with Crippen LogP contribution in [0.25, 0.3) is 0 Å². The number of nitrogens with zero attached hydrogens (tertiary/aromatic N) is 2. The first kappa shape index (κ1) is 23.7. The highest BCUT2D eigenvalue weighted by Gasteiger charge is 2.72. The molecule has 0 aromatic heterocycles. The Hall–Kier alpha value is -3.98. The van der Waals surface area contributed by atoms with Crippen LogP contribution in [0.15, 0.2) is 95.9 Å². The zero-order valence-electron chi connectivity index (χ0n) is 19.5. The van der Waals surface area contributed by atoms with Crippen LogP contribution in [-0.2, 0) is 24.3 Å². The lowest BCUT2D eigenvalue weighted by Crippen LogP contribution is -2.75. The molecule has 8 nitrogen and oxygen atoms in total. The Kier molecular flexibility index (Phi) is 5.88. The van der Waals surface area contributed by atoms with Gasteiger partial charge in [0.2, 0.25) is 0 Å². The summed E-state index contributed by atoms with van der Waals surface area (Å²) < 4.78 is 33.6. The second-order valence-electron chi connectivity index (χ2n) is 8.87. The molecule has 36 heavy (non-hydrogen) atoms. The minimum Gasteiger partial charge on any atom is -0.461 e. The fraction of sp³-hybridized carbons (Fsp3) is 0.222. The van der Waals surface area contributed by atoms with Crippen molar-refractivity contribution >= 4 is 27.8 Å². The lowest BCUT2D eigenvalue weighted by Gasteiger charge is -2.56. The normalized spacial score (nSPS) is 23.4. The van der Waals surface area contributed by atoms with Gasteiger partial charge in [0.15, 0.2) is 5.54 Å². The van der Waals surface area contributed by atoms with E-state index >= 15 is 0 Å². The Morgan fingerprint density at radius 1 is 0.889 bits per heavy atom. The average Bonchev–Trinajstić information content (AvgIpc) is 3.28. The zero-order valence-corrected chi connectivity index (χ0v) is 20.3. The molecule has 0 N–H and O–H groups in total. The first-order chi connectivity index (χ1) is 17.3. The standard InChI is InChI=1S/C27H24N2O6S/c1-19(30)35-22-17-27(28(18-22)25(31)21-13-7-3-8-14-21)24(20-11-5-2-6-12-20)29(26(27)32)36(33,34)23-15-9-4-10-16-23/h2-16,22,24H,17-18H2,1H3/t22-,24+,27+/m1/s1. The third kappa shape index (κ3) is 3.67. The number of carbonyl (C=O) groups is 3. The molecule has 3 aromatic rings. The predicted octanol–water partition coefficient (Wildman–Crippen LogP) is 3.18. The number of ether oxygens (including phenoxy) is 1. The smallest absolute Gasteiger partial charge is 0.302 e. The van der Waals surface area contributed by atoms with Crippen molar-refractivity contribution in [3.8, 4) is 0 Å². The Labute approximate surface area is 209 Å². The highest BCUT2D eigenvalue weighted by atomic mass is 32.2. The molecule has 2 amide bonds. The van der Waals surface area contributed by atoms with Crippen molar-refractivity contribution < 1.29 is 27.5 Å². The molecule has 2 aliphatic rings. The van der Waals surface area contributed by atoms with Gasteiger partial charge < -0.3 is 9.64 Å². The van der Waals surface area contributed by atoms with Crippen LogP contribution in [0.5, 0.6) is 0 Å². The highest BCUT2D eigenvalue weighted by Crippen LogP contribution is 2.55. The predicted molar refractivity (Wildman–Crippen MR) is 130 cm³/mol. The number of likely N-dealkylation sites (tertiary alicyclic amines) is 1. The summed E-state index contributed by atoms with van der Waals surface area (Å²) in [5, 5.41) is 0. The maximum atomic E-state index is 14.0. The summed E-state index contributed by atoms with van der Waals surface area (Å²) >= 11 is 0. The van der Waals surface area contributed by atoms with Gasteiger partial charge in [-0.25, -0.2) is 12.7 Å². The van der Waals surface area contributed by atoms with Gasteiger partial charge in [-0.1, -0.05) is 66.7 Å². The summed E-state index contributed by atoms with van der Waals surface area (Å²) in [6.07, 6.45) is -0.767. The van der Waals surface area contributed by atoms with Crippen LogP contribution in [0.3, 0.4) is 0 Å². The number of sulfonamides is 1. The van der Waals surface area contributed by atoms with Gasteiger partial charge in [0.1, 0.15) is 12.1 Å². The lowest BCUT2D eigenvalue weighted by atomic mass is 9.74. The quantitative estimate of drug-likeness (QED) is 0.391. The van der Waals surface area contributed by atoms with Gasteiger partial charge in [0, 0.05) is 18.9 Å².